The van der Waals surface area contributed by atoms with E-state index in [2.05, 4.69) is 17.2 Å². The van der Waals surface area contributed by atoms with E-state index in [1.807, 2.05) is 18.2 Å². The number of nitrogens with zero attached hydrogens (tertiary/aromatic N) is 2. The van der Waals surface area contributed by atoms with Gasteiger partial charge in [-0.1, -0.05) is 19.1 Å². The molecule has 1 unspecified atom stereocenters. The normalized spacial score (nSPS) is 19.6. The number of ether oxygens (including phenoxy) is 1. The van der Waals surface area contributed by atoms with Gasteiger partial charge in [-0.05, 0) is 61.8 Å². The van der Waals surface area contributed by atoms with E-state index >= 15 is 0 Å². The van der Waals surface area contributed by atoms with Crippen LogP contribution in [-0.2, 0) is 9.59 Å². The van der Waals surface area contributed by atoms with Crippen molar-refractivity contribution in [1.82, 2.24) is 9.88 Å². The van der Waals surface area contributed by atoms with Crippen molar-refractivity contribution in [3.63, 3.8) is 0 Å². The first-order chi connectivity index (χ1) is 14.0. The molecule has 2 heterocycles. The van der Waals surface area contributed by atoms with Crippen LogP contribution in [0.25, 0.3) is 0 Å². The van der Waals surface area contributed by atoms with Gasteiger partial charge in [-0.2, -0.15) is 0 Å². The number of para-hydroxylation sites is 2. The van der Waals surface area contributed by atoms with E-state index in [0.717, 1.165) is 12.8 Å². The van der Waals surface area contributed by atoms with Gasteiger partial charge in [0.15, 0.2) is 5.75 Å². The van der Waals surface area contributed by atoms with Gasteiger partial charge in [-0.3, -0.25) is 14.6 Å². The summed E-state index contributed by atoms with van der Waals surface area (Å²) in [4.78, 5) is 31.5. The molecule has 1 aliphatic heterocycles. The average Bonchev–Trinajstić information content (AvgIpc) is 3.26. The average molecular weight is 393 g/mol. The number of carbonyl (C=O) groups excluding carboxylic acids is 2. The fourth-order valence-corrected chi connectivity index (χ4v) is 3.76. The van der Waals surface area contributed by atoms with Crippen LogP contribution in [0.5, 0.6) is 11.5 Å². The van der Waals surface area contributed by atoms with Crippen molar-refractivity contribution in [3.8, 4) is 11.5 Å². The molecule has 152 valence electrons. The Morgan fingerprint density at radius 3 is 2.83 bits per heavy atom. The molecule has 1 aromatic carbocycles. The molecule has 0 bridgehead atoms. The van der Waals surface area contributed by atoms with Gasteiger partial charge in [0.05, 0.1) is 11.9 Å². The lowest BCUT2D eigenvalue weighted by Gasteiger charge is -2.25. The highest BCUT2D eigenvalue weighted by atomic mass is 16.5. The van der Waals surface area contributed by atoms with Crippen LogP contribution < -0.4 is 10.1 Å². The molecule has 2 aliphatic rings. The summed E-state index contributed by atoms with van der Waals surface area (Å²) in [5.41, 5.74) is 0.932. The molecule has 6 nitrogen and oxygen atoms in total. The van der Waals surface area contributed by atoms with Crippen molar-refractivity contribution in [2.75, 3.05) is 11.9 Å². The number of aromatic nitrogens is 1. The van der Waals surface area contributed by atoms with Crippen molar-refractivity contribution < 1.29 is 14.3 Å². The van der Waals surface area contributed by atoms with E-state index < -0.39 is 6.04 Å². The Morgan fingerprint density at radius 2 is 2.07 bits per heavy atom. The summed E-state index contributed by atoms with van der Waals surface area (Å²) in [7, 11) is 0. The van der Waals surface area contributed by atoms with Gasteiger partial charge in [0, 0.05) is 19.2 Å². The Labute approximate surface area is 171 Å². The minimum Gasteiger partial charge on any atom is -0.454 e. The number of pyridine rings is 1. The Bertz CT molecular complexity index is 880. The maximum absolute atomic E-state index is 13.0. The maximum atomic E-state index is 13.0. The smallest absolute Gasteiger partial charge is 0.247 e. The van der Waals surface area contributed by atoms with Gasteiger partial charge >= 0.3 is 0 Å². The molecule has 0 radical (unpaired) electrons. The van der Waals surface area contributed by atoms with Gasteiger partial charge in [0.25, 0.3) is 0 Å². The van der Waals surface area contributed by atoms with Gasteiger partial charge in [0.1, 0.15) is 11.8 Å². The molecular weight excluding hydrogens is 366 g/mol. The summed E-state index contributed by atoms with van der Waals surface area (Å²) in [5, 5.41) is 2.96. The second kappa shape index (κ2) is 8.23. The monoisotopic (exact) mass is 393 g/mol. The molecule has 29 heavy (non-hydrogen) atoms. The van der Waals surface area contributed by atoms with Crippen LogP contribution in [0, 0.1) is 5.41 Å². The van der Waals surface area contributed by atoms with E-state index in [1.165, 1.54) is 12.8 Å². The third kappa shape index (κ3) is 4.75. The van der Waals surface area contributed by atoms with Crippen molar-refractivity contribution in [3.05, 3.63) is 48.8 Å². The molecule has 2 amide bonds. The molecule has 1 saturated carbocycles. The summed E-state index contributed by atoms with van der Waals surface area (Å²) < 4.78 is 5.87. The quantitative estimate of drug-likeness (QED) is 0.758. The fourth-order valence-electron chi connectivity index (χ4n) is 3.76. The van der Waals surface area contributed by atoms with Crippen LogP contribution >= 0.6 is 0 Å². The van der Waals surface area contributed by atoms with E-state index in [1.54, 1.807) is 35.5 Å². The van der Waals surface area contributed by atoms with Crippen LogP contribution in [0.3, 0.4) is 0 Å². The third-order valence-corrected chi connectivity index (χ3v) is 5.93. The van der Waals surface area contributed by atoms with Crippen LogP contribution in [0.1, 0.15) is 45.4 Å². The maximum Gasteiger partial charge on any atom is 0.247 e. The first-order valence-corrected chi connectivity index (χ1v) is 10.3. The van der Waals surface area contributed by atoms with Gasteiger partial charge in [-0.25, -0.2) is 0 Å². The van der Waals surface area contributed by atoms with Gasteiger partial charge < -0.3 is 15.0 Å². The molecule has 2 fully saturated rings. The third-order valence-electron chi connectivity index (χ3n) is 5.93. The zero-order valence-electron chi connectivity index (χ0n) is 16.8. The topological polar surface area (TPSA) is 71.5 Å². The van der Waals surface area contributed by atoms with Gasteiger partial charge in [-0.15, -0.1) is 0 Å². The predicted molar refractivity (Wildman–Crippen MR) is 111 cm³/mol. The van der Waals surface area contributed by atoms with E-state index in [0.29, 0.717) is 42.0 Å². The standard InChI is InChI=1S/C23H27N3O3/c1-23(12-13-23)11-10-21(27)26-15-5-8-19(26)22(28)25-18-7-2-3-9-20(18)29-17-6-4-14-24-16-17/h2-4,6-7,9,14,16,19H,5,8,10-13,15H2,1H3,(H,25,28). The molecule has 4 rings (SSSR count). The molecule has 1 aliphatic carbocycles. The number of hydrogen-bond donors (Lipinski definition) is 1. The lowest BCUT2D eigenvalue weighted by molar-refractivity contribution is -0.136. The SMILES string of the molecule is CC1(CCC(=O)N2CCCC2C(=O)Nc2ccccc2Oc2cccnc2)CC1. The summed E-state index contributed by atoms with van der Waals surface area (Å²) in [6, 6.07) is 10.5. The molecule has 0 spiro atoms. The Balaban J connectivity index is 1.41. The van der Waals surface area contributed by atoms with Crippen molar-refractivity contribution >= 4 is 17.5 Å². The summed E-state index contributed by atoms with van der Waals surface area (Å²) in [6.45, 7) is 2.88. The number of rotatable bonds is 7. The first-order valence-electron chi connectivity index (χ1n) is 10.3. The molecule has 1 atom stereocenters. The summed E-state index contributed by atoms with van der Waals surface area (Å²) >= 11 is 0. The van der Waals surface area contributed by atoms with Crippen LogP contribution in [-0.4, -0.2) is 34.3 Å². The number of nitrogens with one attached hydrogen (secondary N) is 1. The number of carbonyl (C=O) groups is 2. The predicted octanol–water partition coefficient (Wildman–Crippen LogP) is 4.38. The minimum absolute atomic E-state index is 0.0932. The molecule has 6 heteroatoms. The lowest BCUT2D eigenvalue weighted by Crippen LogP contribution is -2.43. The molecule has 2 aromatic rings. The first kappa shape index (κ1) is 19.4. The number of amides is 2. The van der Waals surface area contributed by atoms with Gasteiger partial charge in [0.2, 0.25) is 11.8 Å². The molecular formula is C23H27N3O3. The second-order valence-electron chi connectivity index (χ2n) is 8.33. The van der Waals surface area contributed by atoms with Crippen molar-refractivity contribution in [2.24, 2.45) is 5.41 Å². The highest BCUT2D eigenvalue weighted by Crippen LogP contribution is 2.49. The molecule has 1 aromatic heterocycles. The van der Waals surface area contributed by atoms with E-state index in [4.69, 9.17) is 4.74 Å². The van der Waals surface area contributed by atoms with Crippen LogP contribution in [0.2, 0.25) is 0 Å². The van der Waals surface area contributed by atoms with Crippen LogP contribution in [0.15, 0.2) is 48.8 Å². The molecule has 1 saturated heterocycles. The Kier molecular flexibility index (Phi) is 5.51. The Hall–Kier alpha value is -2.89. The number of hydrogen-bond acceptors (Lipinski definition) is 4. The zero-order valence-corrected chi connectivity index (χ0v) is 16.8. The van der Waals surface area contributed by atoms with Crippen molar-refractivity contribution in [1.29, 1.82) is 0 Å². The number of likely N-dealkylation sites (tertiary alicyclic amines) is 1. The van der Waals surface area contributed by atoms with E-state index in [-0.39, 0.29) is 11.8 Å². The summed E-state index contributed by atoms with van der Waals surface area (Å²) in [6.07, 6.45) is 8.71. The number of anilines is 1. The fraction of sp³-hybridized carbons (Fsp3) is 0.435. The minimum atomic E-state index is -0.416. The Morgan fingerprint density at radius 1 is 1.24 bits per heavy atom. The van der Waals surface area contributed by atoms with Crippen LogP contribution in [0.4, 0.5) is 5.69 Å². The molecule has 1 N–H and O–H groups in total. The second-order valence-corrected chi connectivity index (χ2v) is 8.33. The number of benzene rings is 1. The largest absolute Gasteiger partial charge is 0.454 e. The summed E-state index contributed by atoms with van der Waals surface area (Å²) in [5.74, 6) is 1.08. The zero-order chi connectivity index (χ0) is 20.3. The highest BCUT2D eigenvalue weighted by molar-refractivity contribution is 5.98. The lowest BCUT2D eigenvalue weighted by atomic mass is 10.0. The van der Waals surface area contributed by atoms with Crippen molar-refractivity contribution in [2.45, 2.75) is 51.5 Å². The highest BCUT2D eigenvalue weighted by Gasteiger charge is 2.39. The van der Waals surface area contributed by atoms with E-state index in [9.17, 15) is 9.59 Å².